The highest BCUT2D eigenvalue weighted by Crippen LogP contribution is 2.33. The molecule has 0 aliphatic heterocycles. The van der Waals surface area contributed by atoms with E-state index >= 15 is 0 Å². The SMILES string of the molecule is Bc1ccc(-c2cc(/N=C\C)c(C)cc2O)nn1. The van der Waals surface area contributed by atoms with Crippen LogP contribution in [-0.2, 0) is 0 Å². The van der Waals surface area contributed by atoms with Crippen LogP contribution in [0.15, 0.2) is 29.3 Å². The van der Waals surface area contributed by atoms with Crippen LogP contribution in [0.4, 0.5) is 5.69 Å². The van der Waals surface area contributed by atoms with E-state index in [2.05, 4.69) is 15.2 Å². The van der Waals surface area contributed by atoms with Gasteiger partial charge in [0.25, 0.3) is 0 Å². The summed E-state index contributed by atoms with van der Waals surface area (Å²) in [6.07, 6.45) is 1.73. The monoisotopic (exact) mass is 239 g/mol. The lowest BCUT2D eigenvalue weighted by atomic mass is 10.0. The summed E-state index contributed by atoms with van der Waals surface area (Å²) in [6.45, 7) is 3.77. The van der Waals surface area contributed by atoms with Gasteiger partial charge in [0, 0.05) is 17.4 Å². The predicted octanol–water partition coefficient (Wildman–Crippen LogP) is 1.14. The fourth-order valence-corrected chi connectivity index (χ4v) is 1.71. The second-order valence-corrected chi connectivity index (χ2v) is 4.10. The minimum absolute atomic E-state index is 0.195. The van der Waals surface area contributed by atoms with E-state index < -0.39 is 0 Å². The first kappa shape index (κ1) is 12.3. The van der Waals surface area contributed by atoms with Gasteiger partial charge in [0.05, 0.1) is 11.4 Å². The van der Waals surface area contributed by atoms with E-state index in [0.29, 0.717) is 11.3 Å². The Morgan fingerprint density at radius 1 is 1.28 bits per heavy atom. The maximum atomic E-state index is 9.99. The summed E-state index contributed by atoms with van der Waals surface area (Å²) in [5.74, 6) is 0.195. The van der Waals surface area contributed by atoms with E-state index in [1.54, 1.807) is 12.3 Å². The third-order valence-electron chi connectivity index (χ3n) is 2.66. The highest BCUT2D eigenvalue weighted by Gasteiger charge is 2.09. The van der Waals surface area contributed by atoms with Crippen molar-refractivity contribution in [2.45, 2.75) is 13.8 Å². The normalized spacial score (nSPS) is 11.0. The molecule has 1 heterocycles. The number of hydrogen-bond acceptors (Lipinski definition) is 4. The second kappa shape index (κ2) is 5.00. The predicted molar refractivity (Wildman–Crippen MR) is 75.9 cm³/mol. The summed E-state index contributed by atoms with van der Waals surface area (Å²) in [4.78, 5) is 4.27. The van der Waals surface area contributed by atoms with Gasteiger partial charge in [-0.3, -0.25) is 4.99 Å². The fourth-order valence-electron chi connectivity index (χ4n) is 1.71. The molecule has 1 aromatic carbocycles. The summed E-state index contributed by atoms with van der Waals surface area (Å²) >= 11 is 0. The zero-order chi connectivity index (χ0) is 13.1. The van der Waals surface area contributed by atoms with E-state index in [1.165, 1.54) is 0 Å². The Kier molecular flexibility index (Phi) is 3.41. The van der Waals surface area contributed by atoms with Gasteiger partial charge in [0.2, 0.25) is 0 Å². The van der Waals surface area contributed by atoms with Gasteiger partial charge in [-0.2, -0.15) is 10.2 Å². The number of hydrogen-bond donors (Lipinski definition) is 1. The van der Waals surface area contributed by atoms with Gasteiger partial charge >= 0.3 is 0 Å². The van der Waals surface area contributed by atoms with Crippen molar-refractivity contribution in [2.24, 2.45) is 4.99 Å². The molecule has 0 amide bonds. The molecule has 0 bridgehead atoms. The Hall–Kier alpha value is -2.17. The Morgan fingerprint density at radius 2 is 2.06 bits per heavy atom. The minimum atomic E-state index is 0.195. The largest absolute Gasteiger partial charge is 0.507 e. The van der Waals surface area contributed by atoms with Gasteiger partial charge in [-0.05, 0) is 43.7 Å². The number of nitrogens with zero attached hydrogens (tertiary/aromatic N) is 3. The van der Waals surface area contributed by atoms with Gasteiger partial charge in [-0.15, -0.1) is 0 Å². The molecule has 1 N–H and O–H groups in total. The van der Waals surface area contributed by atoms with Crippen LogP contribution in [0.2, 0.25) is 0 Å². The molecule has 2 aromatic rings. The highest BCUT2D eigenvalue weighted by molar-refractivity contribution is 6.30. The van der Waals surface area contributed by atoms with Crippen LogP contribution < -0.4 is 5.59 Å². The van der Waals surface area contributed by atoms with Gasteiger partial charge in [-0.25, -0.2) is 0 Å². The van der Waals surface area contributed by atoms with Crippen molar-refractivity contribution in [3.63, 3.8) is 0 Å². The fraction of sp³-hybridized carbons (Fsp3) is 0.154. The van der Waals surface area contributed by atoms with E-state index in [1.807, 2.05) is 39.9 Å². The minimum Gasteiger partial charge on any atom is -0.507 e. The van der Waals surface area contributed by atoms with E-state index in [9.17, 15) is 5.11 Å². The molecule has 0 atom stereocenters. The first-order chi connectivity index (χ1) is 8.61. The van der Waals surface area contributed by atoms with Crippen LogP contribution in [0, 0.1) is 6.92 Å². The first-order valence-electron chi connectivity index (χ1n) is 5.75. The molecule has 5 heteroatoms. The van der Waals surface area contributed by atoms with Crippen molar-refractivity contribution in [2.75, 3.05) is 0 Å². The summed E-state index contributed by atoms with van der Waals surface area (Å²) in [5, 5.41) is 18.1. The third-order valence-corrected chi connectivity index (χ3v) is 2.66. The number of aromatic nitrogens is 2. The molecule has 0 spiro atoms. The van der Waals surface area contributed by atoms with E-state index in [0.717, 1.165) is 16.8 Å². The third kappa shape index (κ3) is 2.40. The summed E-state index contributed by atoms with van der Waals surface area (Å²) in [6, 6.07) is 7.22. The van der Waals surface area contributed by atoms with Crippen LogP contribution in [0.5, 0.6) is 5.75 Å². The zero-order valence-corrected chi connectivity index (χ0v) is 10.7. The molecule has 0 saturated heterocycles. The summed E-state index contributed by atoms with van der Waals surface area (Å²) in [5.41, 5.74) is 3.89. The standard InChI is InChI=1S/C13H14BN3O/c1-3-15-11-7-9(12(18)6-8(11)2)10-4-5-13(14)17-16-10/h3-7,18H,14H2,1-2H3/b15-3-. The van der Waals surface area contributed by atoms with Crippen molar-refractivity contribution in [3.8, 4) is 17.0 Å². The molecular formula is C13H14BN3O. The molecule has 0 saturated carbocycles. The molecule has 0 aliphatic carbocycles. The lowest BCUT2D eigenvalue weighted by molar-refractivity contribution is 0.476. The Balaban J connectivity index is 2.56. The lowest BCUT2D eigenvalue weighted by Crippen LogP contribution is -2.09. The Bertz CT molecular complexity index is 594. The molecule has 0 radical (unpaired) electrons. The molecule has 0 fully saturated rings. The molecule has 0 unspecified atom stereocenters. The molecule has 4 nitrogen and oxygen atoms in total. The summed E-state index contributed by atoms with van der Waals surface area (Å²) in [7, 11) is 1.87. The summed E-state index contributed by atoms with van der Waals surface area (Å²) < 4.78 is 0. The van der Waals surface area contributed by atoms with E-state index in [-0.39, 0.29) is 5.75 Å². The average molecular weight is 239 g/mol. The molecule has 18 heavy (non-hydrogen) atoms. The Labute approximate surface area is 107 Å². The first-order valence-corrected chi connectivity index (χ1v) is 5.75. The molecular weight excluding hydrogens is 225 g/mol. The molecule has 1 aromatic heterocycles. The number of aryl methyl sites for hydroxylation is 1. The zero-order valence-electron chi connectivity index (χ0n) is 10.7. The topological polar surface area (TPSA) is 58.4 Å². The Morgan fingerprint density at radius 3 is 2.67 bits per heavy atom. The van der Waals surface area contributed by atoms with Gasteiger partial charge in [0.1, 0.15) is 5.75 Å². The number of aliphatic imine (C=N–C) groups is 1. The molecule has 2 rings (SSSR count). The smallest absolute Gasteiger partial charge is 0.166 e. The molecule has 90 valence electrons. The van der Waals surface area contributed by atoms with Crippen LogP contribution in [-0.4, -0.2) is 29.4 Å². The lowest BCUT2D eigenvalue weighted by Gasteiger charge is -2.07. The maximum absolute atomic E-state index is 9.99. The van der Waals surface area contributed by atoms with E-state index in [4.69, 9.17) is 0 Å². The van der Waals surface area contributed by atoms with Gasteiger partial charge in [0.15, 0.2) is 7.85 Å². The van der Waals surface area contributed by atoms with Crippen LogP contribution in [0.25, 0.3) is 11.3 Å². The van der Waals surface area contributed by atoms with Crippen LogP contribution >= 0.6 is 0 Å². The van der Waals surface area contributed by atoms with Crippen LogP contribution in [0.1, 0.15) is 12.5 Å². The quantitative estimate of drug-likeness (QED) is 0.631. The van der Waals surface area contributed by atoms with Gasteiger partial charge < -0.3 is 5.11 Å². The number of benzene rings is 1. The van der Waals surface area contributed by atoms with Crippen LogP contribution in [0.3, 0.4) is 0 Å². The number of phenolic OH excluding ortho intramolecular Hbond substituents is 1. The number of rotatable bonds is 2. The number of aromatic hydroxyl groups is 1. The van der Waals surface area contributed by atoms with Gasteiger partial charge in [-0.1, -0.05) is 0 Å². The van der Waals surface area contributed by atoms with Crippen molar-refractivity contribution >= 4 is 25.3 Å². The number of phenols is 1. The van der Waals surface area contributed by atoms with Crippen molar-refractivity contribution in [3.05, 3.63) is 29.8 Å². The van der Waals surface area contributed by atoms with Crippen molar-refractivity contribution < 1.29 is 5.11 Å². The van der Waals surface area contributed by atoms with Crippen molar-refractivity contribution in [1.82, 2.24) is 10.2 Å². The highest BCUT2D eigenvalue weighted by atomic mass is 16.3. The average Bonchev–Trinajstić information content (AvgIpc) is 2.34. The second-order valence-electron chi connectivity index (χ2n) is 4.10. The maximum Gasteiger partial charge on any atom is 0.166 e. The molecule has 0 aliphatic rings. The van der Waals surface area contributed by atoms with Crippen molar-refractivity contribution in [1.29, 1.82) is 0 Å².